The highest BCUT2D eigenvalue weighted by molar-refractivity contribution is 5.88. The molecule has 100 valence electrons. The molecule has 3 heteroatoms. The summed E-state index contributed by atoms with van der Waals surface area (Å²) >= 11 is 0. The fraction of sp³-hybridized carbons (Fsp3) is 0.312. The van der Waals surface area contributed by atoms with Crippen LogP contribution in [0.2, 0.25) is 0 Å². The van der Waals surface area contributed by atoms with Crippen molar-refractivity contribution in [1.29, 1.82) is 0 Å². The van der Waals surface area contributed by atoms with Gasteiger partial charge in [-0.05, 0) is 37.0 Å². The van der Waals surface area contributed by atoms with Crippen molar-refractivity contribution >= 4 is 12.0 Å². The molecule has 0 radical (unpaired) electrons. The second-order valence-electron chi connectivity index (χ2n) is 4.70. The zero-order chi connectivity index (χ0) is 13.5. The van der Waals surface area contributed by atoms with Crippen molar-refractivity contribution in [3.05, 3.63) is 48.1 Å². The summed E-state index contributed by atoms with van der Waals surface area (Å²) in [6.45, 7) is 1.76. The second kappa shape index (κ2) is 6.78. The molecule has 1 heterocycles. The number of amides is 1. The van der Waals surface area contributed by atoms with Crippen LogP contribution in [-0.4, -0.2) is 29.0 Å². The number of aromatic hydroxyl groups is 1. The average Bonchev–Trinajstić information content (AvgIpc) is 2.46. The van der Waals surface area contributed by atoms with E-state index in [1.54, 1.807) is 24.3 Å². The quantitative estimate of drug-likeness (QED) is 0.668. The Morgan fingerprint density at radius 1 is 1.05 bits per heavy atom. The number of allylic oxidation sites excluding steroid dienone is 2. The Kier molecular flexibility index (Phi) is 4.78. The lowest BCUT2D eigenvalue weighted by Gasteiger charge is -2.25. The van der Waals surface area contributed by atoms with E-state index in [1.165, 1.54) is 6.42 Å². The predicted molar refractivity (Wildman–Crippen MR) is 76.7 cm³/mol. The molecular formula is C16H19NO2. The lowest BCUT2D eigenvalue weighted by molar-refractivity contribution is -0.126. The molecule has 0 aliphatic carbocycles. The summed E-state index contributed by atoms with van der Waals surface area (Å²) in [5.74, 6) is 0.350. The van der Waals surface area contributed by atoms with Crippen molar-refractivity contribution in [3.8, 4) is 5.75 Å². The number of hydrogen-bond donors (Lipinski definition) is 1. The van der Waals surface area contributed by atoms with Crippen LogP contribution >= 0.6 is 0 Å². The Balaban J connectivity index is 1.85. The van der Waals surface area contributed by atoms with Crippen LogP contribution in [0.3, 0.4) is 0 Å². The first-order valence-electron chi connectivity index (χ1n) is 6.68. The minimum atomic E-state index is 0.0926. The Bertz CT molecular complexity index is 468. The molecule has 1 saturated heterocycles. The monoisotopic (exact) mass is 257 g/mol. The number of hydrogen-bond acceptors (Lipinski definition) is 2. The van der Waals surface area contributed by atoms with Gasteiger partial charge < -0.3 is 10.0 Å². The number of piperidine rings is 1. The molecule has 1 N–H and O–H groups in total. The van der Waals surface area contributed by atoms with E-state index >= 15 is 0 Å². The van der Waals surface area contributed by atoms with Gasteiger partial charge in [-0.1, -0.05) is 30.4 Å². The molecule has 1 aromatic rings. The molecule has 0 atom stereocenters. The van der Waals surface area contributed by atoms with Crippen LogP contribution in [0, 0.1) is 0 Å². The van der Waals surface area contributed by atoms with Crippen LogP contribution in [0.25, 0.3) is 6.08 Å². The molecule has 19 heavy (non-hydrogen) atoms. The van der Waals surface area contributed by atoms with E-state index < -0.39 is 0 Å². The van der Waals surface area contributed by atoms with Crippen molar-refractivity contribution in [2.45, 2.75) is 19.3 Å². The Morgan fingerprint density at radius 3 is 2.42 bits per heavy atom. The van der Waals surface area contributed by atoms with E-state index in [-0.39, 0.29) is 11.7 Å². The molecule has 1 aliphatic heterocycles. The molecule has 0 saturated carbocycles. The number of carbonyl (C=O) groups excluding carboxylic acids is 1. The van der Waals surface area contributed by atoms with Gasteiger partial charge in [0.2, 0.25) is 5.91 Å². The smallest absolute Gasteiger partial charge is 0.246 e. The van der Waals surface area contributed by atoms with Crippen molar-refractivity contribution in [2.24, 2.45) is 0 Å². The van der Waals surface area contributed by atoms with Gasteiger partial charge in [0.15, 0.2) is 0 Å². The van der Waals surface area contributed by atoms with Gasteiger partial charge in [0.05, 0.1) is 0 Å². The van der Waals surface area contributed by atoms with Crippen LogP contribution < -0.4 is 0 Å². The highest BCUT2D eigenvalue weighted by Gasteiger charge is 2.12. The maximum atomic E-state index is 11.8. The van der Waals surface area contributed by atoms with E-state index in [0.29, 0.717) is 0 Å². The predicted octanol–water partition coefficient (Wildman–Crippen LogP) is 2.97. The maximum Gasteiger partial charge on any atom is 0.246 e. The molecule has 0 spiro atoms. The van der Waals surface area contributed by atoms with Gasteiger partial charge in [-0.2, -0.15) is 0 Å². The highest BCUT2D eigenvalue weighted by Crippen LogP contribution is 2.11. The minimum Gasteiger partial charge on any atom is -0.508 e. The topological polar surface area (TPSA) is 40.5 Å². The molecule has 3 nitrogen and oxygen atoms in total. The number of carbonyl (C=O) groups is 1. The number of benzene rings is 1. The Morgan fingerprint density at radius 2 is 1.74 bits per heavy atom. The van der Waals surface area contributed by atoms with Crippen molar-refractivity contribution in [1.82, 2.24) is 4.90 Å². The first kappa shape index (κ1) is 13.4. The average molecular weight is 257 g/mol. The summed E-state index contributed by atoms with van der Waals surface area (Å²) < 4.78 is 0. The highest BCUT2D eigenvalue weighted by atomic mass is 16.3. The molecule has 2 rings (SSSR count). The van der Waals surface area contributed by atoms with Gasteiger partial charge in [0.25, 0.3) is 0 Å². The van der Waals surface area contributed by atoms with Crippen LogP contribution in [0.4, 0.5) is 0 Å². The van der Waals surface area contributed by atoms with Gasteiger partial charge in [0.1, 0.15) is 5.75 Å². The zero-order valence-corrected chi connectivity index (χ0v) is 11.0. The summed E-state index contributed by atoms with van der Waals surface area (Å²) in [6.07, 6.45) is 10.6. The fourth-order valence-corrected chi connectivity index (χ4v) is 2.11. The molecule has 1 fully saturated rings. The summed E-state index contributed by atoms with van der Waals surface area (Å²) in [5, 5.41) is 9.16. The van der Waals surface area contributed by atoms with Crippen LogP contribution in [-0.2, 0) is 4.79 Å². The fourth-order valence-electron chi connectivity index (χ4n) is 2.11. The van der Waals surface area contributed by atoms with Crippen LogP contribution in [0.15, 0.2) is 42.5 Å². The number of phenolic OH excluding ortho intramolecular Hbond substituents is 1. The molecule has 1 aliphatic rings. The third-order valence-electron chi connectivity index (χ3n) is 3.20. The van der Waals surface area contributed by atoms with Gasteiger partial charge in [-0.25, -0.2) is 0 Å². The van der Waals surface area contributed by atoms with Gasteiger partial charge in [-0.15, -0.1) is 0 Å². The first-order valence-corrected chi connectivity index (χ1v) is 6.68. The number of rotatable bonds is 3. The third-order valence-corrected chi connectivity index (χ3v) is 3.20. The minimum absolute atomic E-state index is 0.0926. The normalized spacial score (nSPS) is 16.3. The van der Waals surface area contributed by atoms with Gasteiger partial charge >= 0.3 is 0 Å². The summed E-state index contributed by atoms with van der Waals surface area (Å²) in [5.41, 5.74) is 0.993. The second-order valence-corrected chi connectivity index (χ2v) is 4.70. The van der Waals surface area contributed by atoms with E-state index in [1.807, 2.05) is 29.2 Å². The first-order chi connectivity index (χ1) is 9.25. The Hall–Kier alpha value is -2.03. The third kappa shape index (κ3) is 4.28. The molecule has 0 aromatic heterocycles. The molecule has 0 unspecified atom stereocenters. The number of likely N-dealkylation sites (tertiary alicyclic amines) is 1. The van der Waals surface area contributed by atoms with Crippen molar-refractivity contribution in [3.63, 3.8) is 0 Å². The molecule has 0 bridgehead atoms. The van der Waals surface area contributed by atoms with E-state index in [0.717, 1.165) is 31.5 Å². The number of phenols is 1. The summed E-state index contributed by atoms with van der Waals surface area (Å²) in [4.78, 5) is 13.7. The molecular weight excluding hydrogens is 238 g/mol. The standard InChI is InChI=1S/C16H19NO2/c18-15-10-8-14(9-11-15)6-2-3-7-16(19)17-12-4-1-5-13-17/h2-3,6-11,18H,1,4-5,12-13H2. The van der Waals surface area contributed by atoms with Gasteiger partial charge in [-0.3, -0.25) is 4.79 Å². The lowest BCUT2D eigenvalue weighted by atomic mass is 10.1. The van der Waals surface area contributed by atoms with Gasteiger partial charge in [0, 0.05) is 19.2 Å². The summed E-state index contributed by atoms with van der Waals surface area (Å²) in [6, 6.07) is 6.93. The Labute approximate surface area is 113 Å². The summed E-state index contributed by atoms with van der Waals surface area (Å²) in [7, 11) is 0. The van der Waals surface area contributed by atoms with Crippen molar-refractivity contribution in [2.75, 3.05) is 13.1 Å². The van der Waals surface area contributed by atoms with E-state index in [2.05, 4.69) is 0 Å². The van der Waals surface area contributed by atoms with Crippen molar-refractivity contribution < 1.29 is 9.90 Å². The zero-order valence-electron chi connectivity index (χ0n) is 11.0. The SMILES string of the molecule is O=C(C=CC=Cc1ccc(O)cc1)N1CCCCC1. The van der Waals surface area contributed by atoms with Crippen LogP contribution in [0.5, 0.6) is 5.75 Å². The number of nitrogens with zero attached hydrogens (tertiary/aromatic N) is 1. The lowest BCUT2D eigenvalue weighted by Crippen LogP contribution is -2.34. The van der Waals surface area contributed by atoms with E-state index in [4.69, 9.17) is 5.11 Å². The van der Waals surface area contributed by atoms with Crippen LogP contribution in [0.1, 0.15) is 24.8 Å². The maximum absolute atomic E-state index is 11.8. The molecule has 1 aromatic carbocycles. The molecule has 1 amide bonds. The van der Waals surface area contributed by atoms with E-state index in [9.17, 15) is 4.79 Å². The largest absolute Gasteiger partial charge is 0.508 e.